The molecule has 0 aromatic heterocycles. The Balaban J connectivity index is 3.00. The highest BCUT2D eigenvalue weighted by Gasteiger charge is 2.48. The molecule has 1 aliphatic carbocycles. The second kappa shape index (κ2) is 3.24. The Morgan fingerprint density at radius 2 is 2.00 bits per heavy atom. The maximum atomic E-state index is 11.4. The summed E-state index contributed by atoms with van der Waals surface area (Å²) in [4.78, 5) is 0. The van der Waals surface area contributed by atoms with Crippen molar-refractivity contribution in [3.05, 3.63) is 0 Å². The molecule has 2 atom stereocenters. The van der Waals surface area contributed by atoms with Gasteiger partial charge >= 0.3 is 0 Å². The quantitative estimate of drug-likeness (QED) is 0.732. The predicted molar refractivity (Wildman–Crippen MR) is 52.3 cm³/mol. The monoisotopic (exact) mass is 206 g/mol. The standard InChI is InChI=1S/C9H18O3S/c1-7(2)9(10)6-4-5-8(9)13(3,11)12/h7-8,10H,4-6H2,1-3H3. The fourth-order valence-electron chi connectivity index (χ4n) is 2.23. The zero-order chi connectivity index (χ0) is 10.3. The van der Waals surface area contributed by atoms with Gasteiger partial charge in [0.15, 0.2) is 9.84 Å². The molecule has 1 rings (SSSR count). The second-order valence-electron chi connectivity index (χ2n) is 4.36. The fourth-order valence-corrected chi connectivity index (χ4v) is 3.95. The molecule has 0 saturated heterocycles. The van der Waals surface area contributed by atoms with Crippen LogP contribution in [0.5, 0.6) is 0 Å². The van der Waals surface area contributed by atoms with Crippen molar-refractivity contribution in [1.29, 1.82) is 0 Å². The largest absolute Gasteiger partial charge is 0.388 e. The van der Waals surface area contributed by atoms with Gasteiger partial charge in [-0.15, -0.1) is 0 Å². The third-order valence-corrected chi connectivity index (χ3v) is 4.80. The van der Waals surface area contributed by atoms with Crippen molar-refractivity contribution < 1.29 is 13.5 Å². The maximum absolute atomic E-state index is 11.4. The van der Waals surface area contributed by atoms with Gasteiger partial charge in [0.1, 0.15) is 0 Å². The molecule has 2 unspecified atom stereocenters. The SMILES string of the molecule is CC(C)C1(O)CCCC1S(C)(=O)=O. The highest BCUT2D eigenvalue weighted by Crippen LogP contribution is 2.39. The van der Waals surface area contributed by atoms with E-state index in [1.807, 2.05) is 13.8 Å². The minimum atomic E-state index is -3.11. The summed E-state index contributed by atoms with van der Waals surface area (Å²) in [7, 11) is -3.11. The first-order valence-electron chi connectivity index (χ1n) is 4.69. The van der Waals surface area contributed by atoms with Crippen molar-refractivity contribution in [3.63, 3.8) is 0 Å². The Kier molecular flexibility index (Phi) is 2.74. The number of aliphatic hydroxyl groups is 1. The lowest BCUT2D eigenvalue weighted by molar-refractivity contribution is 0.00518. The van der Waals surface area contributed by atoms with Crippen molar-refractivity contribution in [2.24, 2.45) is 5.92 Å². The third-order valence-electron chi connectivity index (χ3n) is 3.12. The van der Waals surface area contributed by atoms with Gasteiger partial charge in [0, 0.05) is 6.26 Å². The average Bonchev–Trinajstić information content (AvgIpc) is 2.31. The second-order valence-corrected chi connectivity index (χ2v) is 6.58. The summed E-state index contributed by atoms with van der Waals surface area (Å²) in [6.07, 6.45) is 3.25. The zero-order valence-electron chi connectivity index (χ0n) is 8.45. The van der Waals surface area contributed by atoms with E-state index >= 15 is 0 Å². The lowest BCUT2D eigenvalue weighted by atomic mass is 9.88. The van der Waals surface area contributed by atoms with E-state index in [0.717, 1.165) is 6.42 Å². The molecule has 0 aromatic carbocycles. The van der Waals surface area contributed by atoms with Crippen molar-refractivity contribution in [2.75, 3.05) is 6.26 Å². The summed E-state index contributed by atoms with van der Waals surface area (Å²) in [5.74, 6) is 0.00900. The molecule has 0 heterocycles. The highest BCUT2D eigenvalue weighted by molar-refractivity contribution is 7.91. The lowest BCUT2D eigenvalue weighted by Gasteiger charge is -2.32. The van der Waals surface area contributed by atoms with Crippen molar-refractivity contribution in [1.82, 2.24) is 0 Å². The van der Waals surface area contributed by atoms with Gasteiger partial charge in [-0.1, -0.05) is 13.8 Å². The summed E-state index contributed by atoms with van der Waals surface area (Å²) in [5, 5.41) is 9.63. The molecule has 0 bridgehead atoms. The number of rotatable bonds is 2. The topological polar surface area (TPSA) is 54.4 Å². The normalized spacial score (nSPS) is 35.6. The van der Waals surface area contributed by atoms with Crippen LogP contribution in [0.2, 0.25) is 0 Å². The molecule has 3 nitrogen and oxygen atoms in total. The summed E-state index contributed by atoms with van der Waals surface area (Å²) in [5.41, 5.74) is -0.992. The maximum Gasteiger partial charge on any atom is 0.153 e. The minimum Gasteiger partial charge on any atom is -0.388 e. The summed E-state index contributed by atoms with van der Waals surface area (Å²) in [6.45, 7) is 3.76. The molecule has 1 aliphatic rings. The number of sulfone groups is 1. The number of hydrogen-bond donors (Lipinski definition) is 1. The first-order valence-corrected chi connectivity index (χ1v) is 6.65. The molecule has 1 fully saturated rings. The van der Waals surface area contributed by atoms with Crippen LogP contribution in [0.1, 0.15) is 33.1 Å². The third kappa shape index (κ3) is 1.89. The van der Waals surface area contributed by atoms with Gasteiger partial charge in [-0.3, -0.25) is 0 Å². The van der Waals surface area contributed by atoms with Crippen molar-refractivity contribution >= 4 is 9.84 Å². The van der Waals surface area contributed by atoms with Gasteiger partial charge in [-0.05, 0) is 25.2 Å². The number of hydrogen-bond acceptors (Lipinski definition) is 3. The van der Waals surface area contributed by atoms with Gasteiger partial charge in [-0.25, -0.2) is 8.42 Å². The van der Waals surface area contributed by atoms with Crippen molar-refractivity contribution in [3.8, 4) is 0 Å². The first-order chi connectivity index (χ1) is 5.78. The van der Waals surface area contributed by atoms with E-state index in [1.54, 1.807) is 0 Å². The van der Waals surface area contributed by atoms with Crippen LogP contribution in [-0.4, -0.2) is 30.6 Å². The molecule has 0 amide bonds. The van der Waals surface area contributed by atoms with Crippen LogP contribution in [0.3, 0.4) is 0 Å². The van der Waals surface area contributed by atoms with E-state index in [4.69, 9.17) is 0 Å². The smallest absolute Gasteiger partial charge is 0.153 e. The summed E-state index contributed by atoms with van der Waals surface area (Å²) >= 11 is 0. The Hall–Kier alpha value is -0.0900. The molecule has 78 valence electrons. The highest BCUT2D eigenvalue weighted by atomic mass is 32.2. The molecule has 0 spiro atoms. The molecule has 4 heteroatoms. The van der Waals surface area contributed by atoms with E-state index in [-0.39, 0.29) is 5.92 Å². The Morgan fingerprint density at radius 3 is 2.31 bits per heavy atom. The zero-order valence-corrected chi connectivity index (χ0v) is 9.26. The van der Waals surface area contributed by atoms with E-state index in [1.165, 1.54) is 6.26 Å². The van der Waals surface area contributed by atoms with E-state index < -0.39 is 20.7 Å². The molecule has 0 radical (unpaired) electrons. The fraction of sp³-hybridized carbons (Fsp3) is 1.00. The van der Waals surface area contributed by atoms with Gasteiger partial charge in [-0.2, -0.15) is 0 Å². The van der Waals surface area contributed by atoms with E-state index in [9.17, 15) is 13.5 Å². The molecule has 0 aliphatic heterocycles. The van der Waals surface area contributed by atoms with Gasteiger partial charge in [0.2, 0.25) is 0 Å². The minimum absolute atomic E-state index is 0.00900. The van der Waals surface area contributed by atoms with Crippen LogP contribution in [0.15, 0.2) is 0 Å². The van der Waals surface area contributed by atoms with E-state index in [0.29, 0.717) is 12.8 Å². The van der Waals surface area contributed by atoms with Crippen LogP contribution >= 0.6 is 0 Å². The Morgan fingerprint density at radius 1 is 1.46 bits per heavy atom. The molecular weight excluding hydrogens is 188 g/mol. The van der Waals surface area contributed by atoms with Crippen molar-refractivity contribution in [2.45, 2.75) is 44.0 Å². The Labute approximate surface area is 80.1 Å². The van der Waals surface area contributed by atoms with Gasteiger partial charge in [0.25, 0.3) is 0 Å². The molecule has 13 heavy (non-hydrogen) atoms. The van der Waals surface area contributed by atoms with Gasteiger partial charge in [0.05, 0.1) is 10.9 Å². The Bertz CT molecular complexity index is 281. The molecular formula is C9H18O3S. The van der Waals surface area contributed by atoms with Crippen LogP contribution < -0.4 is 0 Å². The molecule has 0 aromatic rings. The lowest BCUT2D eigenvalue weighted by Crippen LogP contribution is -2.46. The first kappa shape index (κ1) is 11.0. The summed E-state index contributed by atoms with van der Waals surface area (Å²) < 4.78 is 22.8. The van der Waals surface area contributed by atoms with Crippen LogP contribution in [-0.2, 0) is 9.84 Å². The van der Waals surface area contributed by atoms with Crippen LogP contribution in [0.25, 0.3) is 0 Å². The molecule has 1 saturated carbocycles. The predicted octanol–water partition coefficient (Wildman–Crippen LogP) is 0.971. The molecule has 1 N–H and O–H groups in total. The van der Waals surface area contributed by atoms with Crippen LogP contribution in [0, 0.1) is 5.92 Å². The van der Waals surface area contributed by atoms with Gasteiger partial charge < -0.3 is 5.11 Å². The summed E-state index contributed by atoms with van der Waals surface area (Å²) in [6, 6.07) is 0. The van der Waals surface area contributed by atoms with E-state index in [2.05, 4.69) is 0 Å². The van der Waals surface area contributed by atoms with Crippen LogP contribution in [0.4, 0.5) is 0 Å². The average molecular weight is 206 g/mol.